The van der Waals surface area contributed by atoms with Gasteiger partial charge in [-0.25, -0.2) is 0 Å². The first-order chi connectivity index (χ1) is 9.13. The molecule has 0 aromatic heterocycles. The molecule has 2 rings (SSSR count). The molecular weight excluding hydrogens is 304 g/mol. The van der Waals surface area contributed by atoms with E-state index in [1.165, 1.54) is 5.56 Å². The smallest absolute Gasteiger partial charge is 0.221 e. The Kier molecular flexibility index (Phi) is 4.58. The number of nitrogens with one attached hydrogen (secondary N) is 1. The lowest BCUT2D eigenvalue weighted by Gasteiger charge is -2.07. The third kappa shape index (κ3) is 4.41. The zero-order valence-electron chi connectivity index (χ0n) is 10.4. The molecule has 0 fully saturated rings. The summed E-state index contributed by atoms with van der Waals surface area (Å²) in [4.78, 5) is 10.8. The number of benzene rings is 2. The first-order valence-electron chi connectivity index (χ1n) is 5.99. The van der Waals surface area contributed by atoms with Crippen LogP contribution in [0.5, 0.6) is 0 Å². The van der Waals surface area contributed by atoms with Crippen molar-refractivity contribution in [1.82, 2.24) is 0 Å². The van der Waals surface area contributed by atoms with Gasteiger partial charge in [-0.1, -0.05) is 40.2 Å². The molecule has 2 aromatic rings. The molecule has 0 aliphatic heterocycles. The number of amides is 1. The van der Waals surface area contributed by atoms with Crippen LogP contribution >= 0.6 is 15.9 Å². The van der Waals surface area contributed by atoms with E-state index in [-0.39, 0.29) is 12.3 Å². The van der Waals surface area contributed by atoms with Gasteiger partial charge in [-0.3, -0.25) is 4.79 Å². The fraction of sp³-hybridized carbons (Fsp3) is 0.133. The van der Waals surface area contributed by atoms with Crippen LogP contribution in [0, 0.1) is 0 Å². The number of carbonyl (C=O) groups is 1. The normalized spacial score (nSPS) is 10.2. The maximum absolute atomic E-state index is 10.8. The van der Waals surface area contributed by atoms with E-state index >= 15 is 0 Å². The average molecular weight is 319 g/mol. The van der Waals surface area contributed by atoms with Crippen molar-refractivity contribution in [2.24, 2.45) is 5.73 Å². The van der Waals surface area contributed by atoms with Gasteiger partial charge in [-0.15, -0.1) is 0 Å². The number of hydrogen-bond donors (Lipinski definition) is 2. The van der Waals surface area contributed by atoms with E-state index < -0.39 is 0 Å². The summed E-state index contributed by atoms with van der Waals surface area (Å²) in [5, 5.41) is 3.33. The van der Waals surface area contributed by atoms with Crippen LogP contribution in [0.4, 0.5) is 5.69 Å². The molecule has 3 N–H and O–H groups in total. The first-order valence-corrected chi connectivity index (χ1v) is 6.78. The summed E-state index contributed by atoms with van der Waals surface area (Å²) in [5.74, 6) is -0.310. The minimum atomic E-state index is -0.310. The van der Waals surface area contributed by atoms with Crippen molar-refractivity contribution in [3.8, 4) is 0 Å². The summed E-state index contributed by atoms with van der Waals surface area (Å²) >= 11 is 3.41. The van der Waals surface area contributed by atoms with Gasteiger partial charge in [0.15, 0.2) is 0 Å². The van der Waals surface area contributed by atoms with Crippen LogP contribution < -0.4 is 11.1 Å². The van der Waals surface area contributed by atoms with Crippen molar-refractivity contribution in [2.75, 3.05) is 5.32 Å². The largest absolute Gasteiger partial charge is 0.381 e. The fourth-order valence-corrected chi connectivity index (χ4v) is 2.01. The van der Waals surface area contributed by atoms with Gasteiger partial charge < -0.3 is 11.1 Å². The van der Waals surface area contributed by atoms with E-state index in [1.807, 2.05) is 36.4 Å². The highest BCUT2D eigenvalue weighted by atomic mass is 79.9. The summed E-state index contributed by atoms with van der Waals surface area (Å²) in [5.41, 5.74) is 8.32. The summed E-state index contributed by atoms with van der Waals surface area (Å²) in [7, 11) is 0. The minimum Gasteiger partial charge on any atom is -0.381 e. The summed E-state index contributed by atoms with van der Waals surface area (Å²) in [6.07, 6.45) is 0.285. The van der Waals surface area contributed by atoms with E-state index in [4.69, 9.17) is 5.73 Å². The van der Waals surface area contributed by atoms with Gasteiger partial charge in [-0.2, -0.15) is 0 Å². The number of hydrogen-bond acceptors (Lipinski definition) is 2. The van der Waals surface area contributed by atoms with Gasteiger partial charge in [0.05, 0.1) is 6.42 Å². The van der Waals surface area contributed by atoms with Gasteiger partial charge in [0.2, 0.25) is 5.91 Å². The lowest BCUT2D eigenvalue weighted by Crippen LogP contribution is -2.13. The summed E-state index contributed by atoms with van der Waals surface area (Å²) in [6, 6.07) is 15.9. The Bertz CT molecular complexity index is 549. The van der Waals surface area contributed by atoms with Crippen LogP contribution in [0.3, 0.4) is 0 Å². The number of primary amides is 1. The van der Waals surface area contributed by atoms with Crippen LogP contribution in [-0.2, 0) is 17.8 Å². The second-order valence-corrected chi connectivity index (χ2v) is 5.24. The van der Waals surface area contributed by atoms with Gasteiger partial charge in [0.1, 0.15) is 0 Å². The molecule has 1 amide bonds. The maximum Gasteiger partial charge on any atom is 0.221 e. The van der Waals surface area contributed by atoms with Crippen molar-refractivity contribution >= 4 is 27.5 Å². The van der Waals surface area contributed by atoms with Crippen LogP contribution in [-0.4, -0.2) is 5.91 Å². The standard InChI is InChI=1S/C15H15BrN2O/c16-13-5-1-12(2-6-13)10-18-14-7-3-11(4-8-14)9-15(17)19/h1-8,18H,9-10H2,(H2,17,19). The highest BCUT2D eigenvalue weighted by Gasteiger charge is 1.99. The van der Waals surface area contributed by atoms with Gasteiger partial charge in [0, 0.05) is 16.7 Å². The Labute approximate surface area is 121 Å². The number of rotatable bonds is 5. The van der Waals surface area contributed by atoms with Gasteiger partial charge in [0.25, 0.3) is 0 Å². The third-order valence-electron chi connectivity index (χ3n) is 2.74. The van der Waals surface area contributed by atoms with Crippen LogP contribution in [0.2, 0.25) is 0 Å². The van der Waals surface area contributed by atoms with Crippen molar-refractivity contribution < 1.29 is 4.79 Å². The van der Waals surface area contributed by atoms with Crippen molar-refractivity contribution in [3.05, 3.63) is 64.1 Å². The van der Waals surface area contributed by atoms with E-state index in [2.05, 4.69) is 33.4 Å². The average Bonchev–Trinajstić information content (AvgIpc) is 2.39. The third-order valence-corrected chi connectivity index (χ3v) is 3.27. The molecule has 0 heterocycles. The summed E-state index contributed by atoms with van der Waals surface area (Å²) < 4.78 is 1.08. The van der Waals surface area contributed by atoms with Gasteiger partial charge >= 0.3 is 0 Å². The van der Waals surface area contributed by atoms with Crippen molar-refractivity contribution in [2.45, 2.75) is 13.0 Å². The Morgan fingerprint density at radius 2 is 1.58 bits per heavy atom. The zero-order chi connectivity index (χ0) is 13.7. The molecular formula is C15H15BrN2O. The fourth-order valence-electron chi connectivity index (χ4n) is 1.75. The number of anilines is 1. The van der Waals surface area contributed by atoms with Crippen LogP contribution in [0.15, 0.2) is 53.0 Å². The van der Waals surface area contributed by atoms with Gasteiger partial charge in [-0.05, 0) is 35.4 Å². The highest BCUT2D eigenvalue weighted by molar-refractivity contribution is 9.10. The van der Waals surface area contributed by atoms with Crippen molar-refractivity contribution in [3.63, 3.8) is 0 Å². The molecule has 98 valence electrons. The van der Waals surface area contributed by atoms with Crippen LogP contribution in [0.1, 0.15) is 11.1 Å². The highest BCUT2D eigenvalue weighted by Crippen LogP contribution is 2.14. The Hall–Kier alpha value is -1.81. The molecule has 0 radical (unpaired) electrons. The number of nitrogens with two attached hydrogens (primary N) is 1. The monoisotopic (exact) mass is 318 g/mol. The molecule has 0 saturated heterocycles. The molecule has 0 bridgehead atoms. The molecule has 4 heteroatoms. The maximum atomic E-state index is 10.8. The Morgan fingerprint density at radius 1 is 1.00 bits per heavy atom. The number of halogens is 1. The second-order valence-electron chi connectivity index (χ2n) is 4.32. The topological polar surface area (TPSA) is 55.1 Å². The lowest BCUT2D eigenvalue weighted by atomic mass is 10.1. The molecule has 0 aliphatic carbocycles. The lowest BCUT2D eigenvalue weighted by molar-refractivity contribution is -0.117. The van der Waals surface area contributed by atoms with Crippen LogP contribution in [0.25, 0.3) is 0 Å². The Morgan fingerprint density at radius 3 is 2.16 bits per heavy atom. The molecule has 3 nitrogen and oxygen atoms in total. The molecule has 0 unspecified atom stereocenters. The second kappa shape index (κ2) is 6.38. The molecule has 2 aromatic carbocycles. The van der Waals surface area contributed by atoms with E-state index in [0.29, 0.717) is 0 Å². The predicted octanol–water partition coefficient (Wildman–Crippen LogP) is 3.09. The molecule has 0 spiro atoms. The quantitative estimate of drug-likeness (QED) is 0.890. The van der Waals surface area contributed by atoms with E-state index in [0.717, 1.165) is 22.3 Å². The van der Waals surface area contributed by atoms with Crippen molar-refractivity contribution in [1.29, 1.82) is 0 Å². The summed E-state index contributed by atoms with van der Waals surface area (Å²) in [6.45, 7) is 0.766. The SMILES string of the molecule is NC(=O)Cc1ccc(NCc2ccc(Br)cc2)cc1. The minimum absolute atomic E-state index is 0.285. The Balaban J connectivity index is 1.92. The predicted molar refractivity (Wildman–Crippen MR) is 80.8 cm³/mol. The molecule has 0 atom stereocenters. The number of carbonyl (C=O) groups excluding carboxylic acids is 1. The molecule has 19 heavy (non-hydrogen) atoms. The van der Waals surface area contributed by atoms with E-state index in [1.54, 1.807) is 0 Å². The molecule has 0 saturated carbocycles. The van der Waals surface area contributed by atoms with E-state index in [9.17, 15) is 4.79 Å². The first kappa shape index (κ1) is 13.6. The zero-order valence-corrected chi connectivity index (χ0v) is 12.0. The molecule has 0 aliphatic rings.